The number of nitrogens with one attached hydrogen (secondary N) is 1. The fourth-order valence-corrected chi connectivity index (χ4v) is 1.19. The Morgan fingerprint density at radius 2 is 1.93 bits per heavy atom. The van der Waals surface area contributed by atoms with Crippen LogP contribution in [-0.2, 0) is 6.42 Å². The van der Waals surface area contributed by atoms with E-state index in [1.807, 2.05) is 26.2 Å². The zero-order valence-electron chi connectivity index (χ0n) is 9.75. The molecule has 0 aliphatic carbocycles. The molecular weight excluding hydrogens is 188 g/mol. The van der Waals surface area contributed by atoms with E-state index >= 15 is 0 Å². The van der Waals surface area contributed by atoms with Crippen LogP contribution in [0.4, 0.5) is 5.95 Å². The normalized spacial score (nSPS) is 11.5. The number of aryl methyl sites for hydroxylation is 1. The molecule has 3 N–H and O–H groups in total. The predicted molar refractivity (Wildman–Crippen MR) is 62.8 cm³/mol. The summed E-state index contributed by atoms with van der Waals surface area (Å²) in [4.78, 5) is 8.51. The molecular formula is C11H20N4. The molecule has 1 aromatic rings. The van der Waals surface area contributed by atoms with Crippen LogP contribution in [0, 0.1) is 0 Å². The second-order valence-corrected chi connectivity index (χ2v) is 4.38. The summed E-state index contributed by atoms with van der Waals surface area (Å²) in [6, 6.07) is 0. The highest BCUT2D eigenvalue weighted by molar-refractivity contribution is 5.28. The lowest BCUT2D eigenvalue weighted by molar-refractivity contribution is 0.574. The van der Waals surface area contributed by atoms with E-state index in [4.69, 9.17) is 5.73 Å². The number of nitrogens with zero attached hydrogens (tertiary/aromatic N) is 2. The minimum Gasteiger partial charge on any atom is -0.348 e. The third kappa shape index (κ3) is 3.83. The standard InChI is InChI=1S/C11H20N4/c1-4-5-9-6-13-10(14-7-9)15-11(2,3)8-12/h6-7H,4-5,8,12H2,1-3H3,(H,13,14,15). The van der Waals surface area contributed by atoms with Gasteiger partial charge in [0.2, 0.25) is 5.95 Å². The summed E-state index contributed by atoms with van der Waals surface area (Å²) >= 11 is 0. The van der Waals surface area contributed by atoms with Gasteiger partial charge >= 0.3 is 0 Å². The summed E-state index contributed by atoms with van der Waals surface area (Å²) in [6.45, 7) is 6.74. The van der Waals surface area contributed by atoms with Crippen molar-refractivity contribution in [3.63, 3.8) is 0 Å². The van der Waals surface area contributed by atoms with Crippen LogP contribution in [0.15, 0.2) is 12.4 Å². The smallest absolute Gasteiger partial charge is 0.223 e. The molecule has 0 aliphatic heterocycles. The van der Waals surface area contributed by atoms with Crippen LogP contribution >= 0.6 is 0 Å². The van der Waals surface area contributed by atoms with Gasteiger partial charge in [-0.1, -0.05) is 13.3 Å². The molecule has 0 spiro atoms. The van der Waals surface area contributed by atoms with E-state index in [0.29, 0.717) is 12.5 Å². The number of hydrogen-bond donors (Lipinski definition) is 2. The van der Waals surface area contributed by atoms with Gasteiger partial charge in [-0.3, -0.25) is 0 Å². The van der Waals surface area contributed by atoms with Crippen molar-refractivity contribution in [2.45, 2.75) is 39.2 Å². The van der Waals surface area contributed by atoms with Crippen molar-refractivity contribution in [2.75, 3.05) is 11.9 Å². The monoisotopic (exact) mass is 208 g/mol. The fraction of sp³-hybridized carbons (Fsp3) is 0.636. The largest absolute Gasteiger partial charge is 0.348 e. The summed E-state index contributed by atoms with van der Waals surface area (Å²) in [5, 5.41) is 3.19. The van der Waals surface area contributed by atoms with Crippen LogP contribution in [-0.4, -0.2) is 22.1 Å². The number of anilines is 1. The molecule has 0 saturated heterocycles. The molecule has 0 aliphatic rings. The van der Waals surface area contributed by atoms with Crippen molar-refractivity contribution >= 4 is 5.95 Å². The molecule has 0 bridgehead atoms. The van der Waals surface area contributed by atoms with Gasteiger partial charge in [-0.2, -0.15) is 0 Å². The van der Waals surface area contributed by atoms with Gasteiger partial charge in [0.25, 0.3) is 0 Å². The maximum atomic E-state index is 5.61. The first-order valence-electron chi connectivity index (χ1n) is 5.36. The quantitative estimate of drug-likeness (QED) is 0.771. The van der Waals surface area contributed by atoms with Crippen molar-refractivity contribution in [3.8, 4) is 0 Å². The summed E-state index contributed by atoms with van der Waals surface area (Å²) in [5.41, 5.74) is 6.63. The van der Waals surface area contributed by atoms with Crippen LogP contribution in [0.5, 0.6) is 0 Å². The van der Waals surface area contributed by atoms with Crippen LogP contribution in [0.1, 0.15) is 32.8 Å². The van der Waals surface area contributed by atoms with Gasteiger partial charge in [0.15, 0.2) is 0 Å². The molecule has 0 atom stereocenters. The SMILES string of the molecule is CCCc1cnc(NC(C)(C)CN)nc1. The molecule has 0 amide bonds. The van der Waals surface area contributed by atoms with E-state index in [0.717, 1.165) is 12.8 Å². The van der Waals surface area contributed by atoms with E-state index in [1.54, 1.807) is 0 Å². The number of nitrogens with two attached hydrogens (primary N) is 1. The Bertz CT molecular complexity index is 292. The topological polar surface area (TPSA) is 63.8 Å². The van der Waals surface area contributed by atoms with Crippen LogP contribution in [0.2, 0.25) is 0 Å². The molecule has 0 unspecified atom stereocenters. The molecule has 0 aromatic carbocycles. The summed E-state index contributed by atoms with van der Waals surface area (Å²) in [7, 11) is 0. The van der Waals surface area contributed by atoms with Crippen LogP contribution < -0.4 is 11.1 Å². The van der Waals surface area contributed by atoms with Gasteiger partial charge in [0.1, 0.15) is 0 Å². The minimum absolute atomic E-state index is 0.160. The van der Waals surface area contributed by atoms with Gasteiger partial charge in [-0.05, 0) is 25.8 Å². The molecule has 15 heavy (non-hydrogen) atoms. The molecule has 1 heterocycles. The molecule has 0 radical (unpaired) electrons. The van der Waals surface area contributed by atoms with Gasteiger partial charge in [0, 0.05) is 24.5 Å². The van der Waals surface area contributed by atoms with E-state index in [9.17, 15) is 0 Å². The van der Waals surface area contributed by atoms with Crippen molar-refractivity contribution in [1.29, 1.82) is 0 Å². The molecule has 4 nitrogen and oxygen atoms in total. The van der Waals surface area contributed by atoms with Gasteiger partial charge in [-0.15, -0.1) is 0 Å². The number of hydrogen-bond acceptors (Lipinski definition) is 4. The zero-order chi connectivity index (χ0) is 11.3. The highest BCUT2D eigenvalue weighted by atomic mass is 15.1. The van der Waals surface area contributed by atoms with Crippen molar-refractivity contribution in [1.82, 2.24) is 9.97 Å². The lowest BCUT2D eigenvalue weighted by Gasteiger charge is -2.23. The maximum Gasteiger partial charge on any atom is 0.223 e. The van der Waals surface area contributed by atoms with Gasteiger partial charge < -0.3 is 11.1 Å². The average molecular weight is 208 g/mol. The first kappa shape index (κ1) is 11.9. The van der Waals surface area contributed by atoms with Crippen molar-refractivity contribution in [2.24, 2.45) is 5.73 Å². The summed E-state index contributed by atoms with van der Waals surface area (Å²) < 4.78 is 0. The van der Waals surface area contributed by atoms with Crippen LogP contribution in [0.3, 0.4) is 0 Å². The maximum absolute atomic E-state index is 5.61. The Labute approximate surface area is 91.3 Å². The van der Waals surface area contributed by atoms with Crippen molar-refractivity contribution < 1.29 is 0 Å². The fourth-order valence-electron chi connectivity index (χ4n) is 1.19. The lowest BCUT2D eigenvalue weighted by atomic mass is 10.1. The molecule has 0 fully saturated rings. The molecule has 84 valence electrons. The Balaban J connectivity index is 2.64. The Morgan fingerprint density at radius 1 is 1.33 bits per heavy atom. The zero-order valence-corrected chi connectivity index (χ0v) is 9.75. The summed E-state index contributed by atoms with van der Waals surface area (Å²) in [5.74, 6) is 0.644. The second kappa shape index (κ2) is 5.07. The first-order chi connectivity index (χ1) is 7.07. The first-order valence-corrected chi connectivity index (χ1v) is 5.36. The van der Waals surface area contributed by atoms with E-state index < -0.39 is 0 Å². The highest BCUT2D eigenvalue weighted by Gasteiger charge is 2.15. The second-order valence-electron chi connectivity index (χ2n) is 4.38. The van der Waals surface area contributed by atoms with Crippen LogP contribution in [0.25, 0.3) is 0 Å². The third-order valence-electron chi connectivity index (χ3n) is 2.20. The molecule has 1 aromatic heterocycles. The van der Waals surface area contributed by atoms with E-state index in [-0.39, 0.29) is 5.54 Å². The van der Waals surface area contributed by atoms with Gasteiger partial charge in [-0.25, -0.2) is 9.97 Å². The van der Waals surface area contributed by atoms with E-state index in [2.05, 4.69) is 22.2 Å². The molecule has 0 saturated carbocycles. The number of rotatable bonds is 5. The summed E-state index contributed by atoms with van der Waals surface area (Å²) in [6.07, 6.45) is 5.88. The average Bonchev–Trinajstić information content (AvgIpc) is 2.21. The minimum atomic E-state index is -0.160. The third-order valence-corrected chi connectivity index (χ3v) is 2.20. The number of aromatic nitrogens is 2. The Morgan fingerprint density at radius 3 is 2.40 bits per heavy atom. The van der Waals surface area contributed by atoms with Gasteiger partial charge in [0.05, 0.1) is 0 Å². The van der Waals surface area contributed by atoms with Crippen molar-refractivity contribution in [3.05, 3.63) is 18.0 Å². The highest BCUT2D eigenvalue weighted by Crippen LogP contribution is 2.09. The Hall–Kier alpha value is -1.16. The predicted octanol–water partition coefficient (Wildman–Crippen LogP) is 1.58. The lowest BCUT2D eigenvalue weighted by Crippen LogP contribution is -2.39. The van der Waals surface area contributed by atoms with E-state index in [1.165, 1.54) is 5.56 Å². The molecule has 4 heteroatoms. The Kier molecular flexibility index (Phi) is 4.03. The molecule has 1 rings (SSSR count).